The summed E-state index contributed by atoms with van der Waals surface area (Å²) in [4.78, 5) is 15.3. The van der Waals surface area contributed by atoms with Gasteiger partial charge in [-0.1, -0.05) is 11.6 Å². The molecule has 5 nitrogen and oxygen atoms in total. The Morgan fingerprint density at radius 3 is 2.27 bits per heavy atom. The maximum atomic E-state index is 14.8. The second kappa shape index (κ2) is 9.14. The monoisotopic (exact) mass is 495 g/mol. The summed E-state index contributed by atoms with van der Waals surface area (Å²) in [5.74, 6) is -4.92. The van der Waals surface area contributed by atoms with E-state index in [1.807, 2.05) is 0 Å². The SMILES string of the molecule is O=C(Nc1ccc[nH+]c1)c1c(Oc2ccc(OC(F)(F)F)cc2Cl)ccc(C(F)(F)F)c1F. The van der Waals surface area contributed by atoms with Gasteiger partial charge < -0.3 is 14.8 Å². The predicted octanol–water partition coefficient (Wildman–Crippen LogP) is 6.26. The van der Waals surface area contributed by atoms with E-state index in [-0.39, 0.29) is 11.4 Å². The Morgan fingerprint density at radius 2 is 1.70 bits per heavy atom. The van der Waals surface area contributed by atoms with E-state index in [1.54, 1.807) is 0 Å². The van der Waals surface area contributed by atoms with Crippen LogP contribution in [0.15, 0.2) is 54.9 Å². The van der Waals surface area contributed by atoms with Crippen LogP contribution in [-0.2, 0) is 6.18 Å². The topological polar surface area (TPSA) is 61.7 Å². The molecule has 0 aliphatic carbocycles. The summed E-state index contributed by atoms with van der Waals surface area (Å²) in [6, 6.07) is 6.35. The number of amides is 1. The van der Waals surface area contributed by atoms with Gasteiger partial charge in [-0.25, -0.2) is 9.37 Å². The highest BCUT2D eigenvalue weighted by molar-refractivity contribution is 6.32. The number of ether oxygens (including phenoxy) is 2. The number of alkyl halides is 6. The number of rotatable bonds is 5. The molecule has 2 N–H and O–H groups in total. The van der Waals surface area contributed by atoms with Crippen molar-refractivity contribution < 1.29 is 50.0 Å². The van der Waals surface area contributed by atoms with E-state index in [0.29, 0.717) is 12.1 Å². The molecule has 0 radical (unpaired) electrons. The molecule has 0 aliphatic heterocycles. The first kappa shape index (κ1) is 24.1. The van der Waals surface area contributed by atoms with E-state index < -0.39 is 51.9 Å². The average molecular weight is 496 g/mol. The first-order valence-corrected chi connectivity index (χ1v) is 9.13. The standard InChI is InChI=1S/C20H10ClF7N2O3/c21-13-8-11(33-20(26,27)28)3-5-14(13)32-15-6-4-12(19(23,24)25)17(22)16(15)18(31)30-10-2-1-7-29-9-10/h1-9H,(H,30,31)/p+1. The zero-order valence-corrected chi connectivity index (χ0v) is 16.7. The van der Waals surface area contributed by atoms with Gasteiger partial charge in [0.05, 0.1) is 10.6 Å². The van der Waals surface area contributed by atoms with Crippen molar-refractivity contribution >= 4 is 23.2 Å². The molecule has 33 heavy (non-hydrogen) atoms. The van der Waals surface area contributed by atoms with Gasteiger partial charge in [0.1, 0.15) is 28.5 Å². The number of aromatic nitrogens is 1. The molecule has 0 bridgehead atoms. The van der Waals surface area contributed by atoms with Crippen LogP contribution in [0, 0.1) is 5.82 Å². The summed E-state index contributed by atoms with van der Waals surface area (Å²) in [6.45, 7) is 0. The molecule has 13 heteroatoms. The molecule has 1 heterocycles. The molecular formula is C20H11ClF7N2O3+. The first-order valence-electron chi connectivity index (χ1n) is 8.75. The molecule has 0 unspecified atom stereocenters. The van der Waals surface area contributed by atoms with Crippen LogP contribution in [0.25, 0.3) is 0 Å². The van der Waals surface area contributed by atoms with E-state index in [0.717, 1.165) is 18.2 Å². The van der Waals surface area contributed by atoms with Gasteiger partial charge in [-0.15, -0.1) is 13.2 Å². The Balaban J connectivity index is 2.01. The van der Waals surface area contributed by atoms with Crippen molar-refractivity contribution in [3.8, 4) is 17.2 Å². The summed E-state index contributed by atoms with van der Waals surface area (Å²) < 4.78 is 100. The summed E-state index contributed by atoms with van der Waals surface area (Å²) >= 11 is 5.86. The van der Waals surface area contributed by atoms with Crippen LogP contribution in [0.3, 0.4) is 0 Å². The third-order valence-corrected chi connectivity index (χ3v) is 4.25. The van der Waals surface area contributed by atoms with E-state index in [2.05, 4.69) is 15.0 Å². The van der Waals surface area contributed by atoms with Gasteiger partial charge in [0.25, 0.3) is 5.91 Å². The number of pyridine rings is 1. The Hall–Kier alpha value is -3.54. The minimum absolute atomic E-state index is 0.108. The summed E-state index contributed by atoms with van der Waals surface area (Å²) in [5.41, 5.74) is -2.71. The van der Waals surface area contributed by atoms with Crippen molar-refractivity contribution in [2.24, 2.45) is 0 Å². The molecule has 2 aromatic carbocycles. The Morgan fingerprint density at radius 1 is 1.00 bits per heavy atom. The molecule has 0 atom stereocenters. The lowest BCUT2D eigenvalue weighted by Gasteiger charge is -2.17. The van der Waals surface area contributed by atoms with Crippen molar-refractivity contribution in [1.82, 2.24) is 0 Å². The van der Waals surface area contributed by atoms with Gasteiger partial charge in [-0.2, -0.15) is 13.2 Å². The van der Waals surface area contributed by atoms with Crippen molar-refractivity contribution in [2.45, 2.75) is 12.5 Å². The van der Waals surface area contributed by atoms with Gasteiger partial charge in [0, 0.05) is 12.1 Å². The van der Waals surface area contributed by atoms with Gasteiger partial charge in [0.15, 0.2) is 18.2 Å². The lowest BCUT2D eigenvalue weighted by Crippen LogP contribution is -2.19. The molecule has 174 valence electrons. The smallest absolute Gasteiger partial charge is 0.455 e. The number of anilines is 1. The van der Waals surface area contributed by atoms with Gasteiger partial charge in [0.2, 0.25) is 0 Å². The predicted molar refractivity (Wildman–Crippen MR) is 101 cm³/mol. The number of carbonyl (C=O) groups is 1. The number of benzene rings is 2. The molecule has 0 fully saturated rings. The molecular weight excluding hydrogens is 485 g/mol. The largest absolute Gasteiger partial charge is 0.573 e. The first-order chi connectivity index (χ1) is 15.3. The van der Waals surface area contributed by atoms with Crippen LogP contribution in [0.4, 0.5) is 36.4 Å². The van der Waals surface area contributed by atoms with Crippen LogP contribution in [0.5, 0.6) is 17.2 Å². The second-order valence-corrected chi connectivity index (χ2v) is 6.69. The number of halogens is 8. The Bertz CT molecular complexity index is 1170. The third-order valence-electron chi connectivity index (χ3n) is 3.96. The van der Waals surface area contributed by atoms with Gasteiger partial charge in [-0.05, 0) is 30.3 Å². The Labute approximate surface area is 185 Å². The fourth-order valence-electron chi connectivity index (χ4n) is 2.62. The van der Waals surface area contributed by atoms with E-state index in [4.69, 9.17) is 16.3 Å². The van der Waals surface area contributed by atoms with Crippen LogP contribution < -0.4 is 19.8 Å². The highest BCUT2D eigenvalue weighted by Crippen LogP contribution is 2.39. The molecule has 1 amide bonds. The van der Waals surface area contributed by atoms with E-state index in [1.165, 1.54) is 24.5 Å². The van der Waals surface area contributed by atoms with Gasteiger partial charge in [-0.3, -0.25) is 4.79 Å². The highest BCUT2D eigenvalue weighted by atomic mass is 35.5. The minimum Gasteiger partial charge on any atom is -0.455 e. The molecule has 3 rings (SSSR count). The Kier molecular flexibility index (Phi) is 6.68. The number of H-pyrrole nitrogens is 1. The fourth-order valence-corrected chi connectivity index (χ4v) is 2.83. The summed E-state index contributed by atoms with van der Waals surface area (Å²) in [6.07, 6.45) is -7.34. The van der Waals surface area contributed by atoms with Crippen molar-refractivity contribution in [3.63, 3.8) is 0 Å². The molecule has 0 saturated carbocycles. The van der Waals surface area contributed by atoms with Crippen molar-refractivity contribution in [1.29, 1.82) is 0 Å². The molecule has 0 saturated heterocycles. The third kappa shape index (κ3) is 6.04. The normalized spacial score (nSPS) is 11.8. The van der Waals surface area contributed by atoms with E-state index >= 15 is 0 Å². The second-order valence-electron chi connectivity index (χ2n) is 6.29. The van der Waals surface area contributed by atoms with Crippen LogP contribution in [0.1, 0.15) is 15.9 Å². The van der Waals surface area contributed by atoms with Crippen LogP contribution in [0.2, 0.25) is 5.02 Å². The lowest BCUT2D eigenvalue weighted by molar-refractivity contribution is -0.377. The van der Waals surface area contributed by atoms with Gasteiger partial charge >= 0.3 is 12.5 Å². The maximum Gasteiger partial charge on any atom is 0.573 e. The molecule has 3 aromatic rings. The number of nitrogens with one attached hydrogen (secondary N) is 2. The number of hydrogen-bond acceptors (Lipinski definition) is 3. The summed E-state index contributed by atoms with van der Waals surface area (Å²) in [5, 5.41) is 1.77. The van der Waals surface area contributed by atoms with E-state index in [9.17, 15) is 35.5 Å². The van der Waals surface area contributed by atoms with Crippen LogP contribution >= 0.6 is 11.6 Å². The molecule has 1 aromatic heterocycles. The minimum atomic E-state index is -5.12. The molecule has 0 aliphatic rings. The zero-order chi connectivity index (χ0) is 24.4. The molecule has 0 spiro atoms. The number of aromatic amines is 1. The lowest BCUT2D eigenvalue weighted by atomic mass is 10.1. The highest BCUT2D eigenvalue weighted by Gasteiger charge is 2.37. The summed E-state index contributed by atoms with van der Waals surface area (Å²) in [7, 11) is 0. The number of hydrogen-bond donors (Lipinski definition) is 1. The van der Waals surface area contributed by atoms with Crippen molar-refractivity contribution in [3.05, 3.63) is 76.8 Å². The fraction of sp³-hybridized carbons (Fsp3) is 0.100. The quantitative estimate of drug-likeness (QED) is 0.425. The average Bonchev–Trinajstić information content (AvgIpc) is 2.68. The van der Waals surface area contributed by atoms with Crippen LogP contribution in [-0.4, -0.2) is 12.3 Å². The number of carbonyl (C=O) groups excluding carboxylic acids is 1. The zero-order valence-electron chi connectivity index (χ0n) is 15.9. The van der Waals surface area contributed by atoms with Crippen molar-refractivity contribution in [2.75, 3.05) is 5.32 Å². The maximum absolute atomic E-state index is 14.8.